The molecule has 0 heterocycles. The van der Waals surface area contributed by atoms with Gasteiger partial charge in [0.25, 0.3) is 0 Å². The normalized spacial score (nSPS) is 16.7. The lowest BCUT2D eigenvalue weighted by atomic mass is 9.72. The van der Waals surface area contributed by atoms with Gasteiger partial charge in [-0.3, -0.25) is 13.6 Å². The molecule has 2 N–H and O–H groups in total. The number of ether oxygens (including phenoxy) is 1. The van der Waals surface area contributed by atoms with Crippen LogP contribution in [0, 0.1) is 5.41 Å². The summed E-state index contributed by atoms with van der Waals surface area (Å²) < 4.78 is 34.6. The summed E-state index contributed by atoms with van der Waals surface area (Å²) in [4.78, 5) is 12.3. The van der Waals surface area contributed by atoms with Crippen molar-refractivity contribution in [2.45, 2.75) is 176 Å². The van der Waals surface area contributed by atoms with Gasteiger partial charge >= 0.3 is 13.8 Å². The monoisotopic (exact) mass is 748 g/mol. The van der Waals surface area contributed by atoms with Crippen LogP contribution in [0.1, 0.15) is 176 Å². The minimum atomic E-state index is -3.78. The predicted octanol–water partition coefficient (Wildman–Crippen LogP) is 13.2. The van der Waals surface area contributed by atoms with Gasteiger partial charge in [0.2, 0.25) is 0 Å². The zero-order valence-electron chi connectivity index (χ0n) is 34.3. The van der Waals surface area contributed by atoms with Gasteiger partial charge in [0.15, 0.2) is 0 Å². The molecule has 8 heteroatoms. The Labute approximate surface area is 319 Å². The molecule has 0 spiro atoms. The van der Waals surface area contributed by atoms with Gasteiger partial charge in [-0.2, -0.15) is 0 Å². The smallest absolute Gasteiger partial charge is 0.460 e. The first-order chi connectivity index (χ1) is 25.0. The van der Waals surface area contributed by atoms with Gasteiger partial charge < -0.3 is 10.5 Å². The van der Waals surface area contributed by atoms with E-state index in [4.69, 9.17) is 24.0 Å². The van der Waals surface area contributed by atoms with Crippen molar-refractivity contribution in [1.82, 2.24) is 0 Å². The Morgan fingerprint density at radius 1 is 0.731 bits per heavy atom. The lowest BCUT2D eigenvalue weighted by Crippen LogP contribution is -2.19. The quantitative estimate of drug-likeness (QED) is 0.0240. The fraction of sp³-hybridized carbons (Fsp3) is 0.750. The van der Waals surface area contributed by atoms with Crippen molar-refractivity contribution in [2.75, 3.05) is 33.0 Å². The van der Waals surface area contributed by atoms with E-state index in [1.165, 1.54) is 133 Å². The van der Waals surface area contributed by atoms with E-state index >= 15 is 0 Å². The van der Waals surface area contributed by atoms with Crippen LogP contribution in [0.3, 0.4) is 0 Å². The van der Waals surface area contributed by atoms with Crippen molar-refractivity contribution in [1.29, 1.82) is 0 Å². The van der Waals surface area contributed by atoms with E-state index in [1.54, 1.807) is 0 Å². The van der Waals surface area contributed by atoms with E-state index in [0.29, 0.717) is 0 Å². The summed E-state index contributed by atoms with van der Waals surface area (Å²) in [7, 11) is -3.78. The van der Waals surface area contributed by atoms with Crippen LogP contribution in [-0.2, 0) is 27.7 Å². The summed E-state index contributed by atoms with van der Waals surface area (Å²) in [6.45, 7) is 13.4. The summed E-state index contributed by atoms with van der Waals surface area (Å²) in [5, 5.41) is 0. The second-order valence-electron chi connectivity index (χ2n) is 15.3. The Morgan fingerprint density at radius 2 is 1.25 bits per heavy atom. The van der Waals surface area contributed by atoms with Crippen LogP contribution in [0.4, 0.5) is 0 Å². The van der Waals surface area contributed by atoms with E-state index in [0.717, 1.165) is 30.4 Å². The molecular weight excluding hydrogens is 669 g/mol. The third-order valence-corrected chi connectivity index (χ3v) is 11.3. The minimum absolute atomic E-state index is 0.0592. The van der Waals surface area contributed by atoms with Crippen LogP contribution >= 0.6 is 7.82 Å². The number of phosphoric acid groups is 1. The second kappa shape index (κ2) is 30.6. The van der Waals surface area contributed by atoms with Crippen molar-refractivity contribution >= 4 is 13.8 Å². The van der Waals surface area contributed by atoms with Gasteiger partial charge in [-0.15, -0.1) is 0 Å². The first kappa shape index (κ1) is 48.3. The fourth-order valence-corrected chi connectivity index (χ4v) is 7.86. The minimum Gasteiger partial charge on any atom is -0.460 e. The summed E-state index contributed by atoms with van der Waals surface area (Å²) in [5.41, 5.74) is 10.6. The molecule has 1 atom stereocenters. The summed E-state index contributed by atoms with van der Waals surface area (Å²) >= 11 is 0. The van der Waals surface area contributed by atoms with Crippen molar-refractivity contribution in [3.63, 3.8) is 0 Å². The van der Waals surface area contributed by atoms with Crippen molar-refractivity contribution in [3.8, 4) is 0 Å². The summed E-state index contributed by atoms with van der Waals surface area (Å²) in [6.07, 6.45) is 38.7. The highest BCUT2D eigenvalue weighted by Gasteiger charge is 2.27. The Morgan fingerprint density at radius 3 is 1.79 bits per heavy atom. The maximum atomic E-state index is 13.0. The summed E-state index contributed by atoms with van der Waals surface area (Å²) in [6, 6.07) is 0. The topological polar surface area (TPSA) is 97.1 Å². The van der Waals surface area contributed by atoms with Crippen LogP contribution in [-0.4, -0.2) is 38.9 Å². The number of carbonyl (C=O) groups excluding carboxylic acids is 1. The van der Waals surface area contributed by atoms with E-state index < -0.39 is 13.8 Å². The van der Waals surface area contributed by atoms with Crippen molar-refractivity contribution < 1.29 is 27.7 Å². The average Bonchev–Trinajstić information content (AvgIpc) is 3.10. The molecule has 7 nitrogen and oxygen atoms in total. The van der Waals surface area contributed by atoms with Gasteiger partial charge in [0.1, 0.15) is 6.61 Å². The second-order valence-corrected chi connectivity index (χ2v) is 17.0. The summed E-state index contributed by atoms with van der Waals surface area (Å²) in [5.74, 6) is -0.495. The first-order valence-electron chi connectivity index (χ1n) is 20.8. The molecule has 0 aromatic rings. The molecule has 1 aliphatic rings. The number of allylic oxidation sites excluding steroid dienone is 9. The van der Waals surface area contributed by atoms with Gasteiger partial charge in [0, 0.05) is 12.6 Å². The van der Waals surface area contributed by atoms with Crippen LogP contribution in [0.25, 0.3) is 0 Å². The first-order valence-corrected chi connectivity index (χ1v) is 22.3. The van der Waals surface area contributed by atoms with Gasteiger partial charge in [0.05, 0.1) is 19.8 Å². The maximum absolute atomic E-state index is 13.0. The number of rotatable bonds is 32. The van der Waals surface area contributed by atoms with Crippen LogP contribution in [0.2, 0.25) is 0 Å². The predicted molar refractivity (Wildman–Crippen MR) is 220 cm³/mol. The Hall–Kier alpha value is -1.76. The average molecular weight is 748 g/mol. The fourth-order valence-electron chi connectivity index (χ4n) is 6.66. The van der Waals surface area contributed by atoms with Crippen molar-refractivity contribution in [3.05, 3.63) is 58.7 Å². The number of hydrogen-bond donors (Lipinski definition) is 1. The molecule has 1 rings (SSSR count). The molecule has 0 aromatic heterocycles. The molecule has 0 aliphatic heterocycles. The van der Waals surface area contributed by atoms with E-state index in [2.05, 4.69) is 46.8 Å². The zero-order chi connectivity index (χ0) is 38.3. The van der Waals surface area contributed by atoms with E-state index in [1.807, 2.05) is 25.2 Å². The molecule has 0 saturated carbocycles. The van der Waals surface area contributed by atoms with Crippen molar-refractivity contribution in [2.24, 2.45) is 11.1 Å². The third-order valence-electron chi connectivity index (χ3n) is 9.81. The molecular formula is C44H78NO6P. The molecule has 0 saturated heterocycles. The van der Waals surface area contributed by atoms with Gasteiger partial charge in [-0.25, -0.2) is 9.36 Å². The van der Waals surface area contributed by atoms with Gasteiger partial charge in [-0.1, -0.05) is 171 Å². The number of phosphoric ester groups is 1. The molecule has 0 radical (unpaired) electrons. The highest BCUT2D eigenvalue weighted by atomic mass is 31.2. The molecule has 0 bridgehead atoms. The molecule has 52 heavy (non-hydrogen) atoms. The number of esters is 1. The molecule has 1 aliphatic carbocycles. The number of carbonyl (C=O) groups is 1. The van der Waals surface area contributed by atoms with Crippen LogP contribution in [0.15, 0.2) is 58.7 Å². The Kier molecular flexibility index (Phi) is 28.4. The molecule has 300 valence electrons. The van der Waals surface area contributed by atoms with E-state index in [-0.39, 0.29) is 38.4 Å². The Bertz CT molecular complexity index is 1150. The van der Waals surface area contributed by atoms with Crippen LogP contribution < -0.4 is 5.73 Å². The zero-order valence-corrected chi connectivity index (χ0v) is 35.2. The number of unbranched alkanes of at least 4 members (excludes halogenated alkanes) is 17. The third kappa shape index (κ3) is 25.3. The lowest BCUT2D eigenvalue weighted by Gasteiger charge is -2.32. The van der Waals surface area contributed by atoms with Crippen LogP contribution in [0.5, 0.6) is 0 Å². The largest absolute Gasteiger partial charge is 0.474 e. The molecule has 0 amide bonds. The SMILES string of the molecule is CCCCCCCCCCCCCCCCCCCCOP(=O)(OCCN)OCCOC(=O)/C=C(C)/C=C/C=C(C)/C=C/C1=C(C)CCCC1(C)C. The molecule has 0 fully saturated rings. The Balaban J connectivity index is 2.21. The highest BCUT2D eigenvalue weighted by molar-refractivity contribution is 7.48. The maximum Gasteiger partial charge on any atom is 0.474 e. The number of nitrogens with two attached hydrogens (primary N) is 1. The molecule has 0 aromatic carbocycles. The van der Waals surface area contributed by atoms with E-state index in [9.17, 15) is 9.36 Å². The standard InChI is InChI=1S/C44H78NO6P/c1-7-8-9-10-11-12-13-14-15-16-17-18-19-20-21-22-23-24-34-49-52(47,50-35-33-45)51-37-36-48-43(46)38-40(3)28-25-27-39(2)30-31-42-41(4)29-26-32-44(42,5)6/h25,27-28,30-31,38H,7-24,26,29,32-37,45H2,1-6H3/b28-25+,31-30+,39-27+,40-38+. The van der Waals surface area contributed by atoms with Gasteiger partial charge in [-0.05, 0) is 63.0 Å². The molecule has 1 unspecified atom stereocenters. The number of hydrogen-bond acceptors (Lipinski definition) is 7. The highest BCUT2D eigenvalue weighted by Crippen LogP contribution is 2.49. The lowest BCUT2D eigenvalue weighted by molar-refractivity contribution is -0.138.